The van der Waals surface area contributed by atoms with Crippen LogP contribution in [0.15, 0.2) is 28.8 Å². The molecule has 0 fully saturated rings. The monoisotopic (exact) mass is 301 g/mol. The van der Waals surface area contributed by atoms with E-state index >= 15 is 0 Å². The number of carbonyl (C=O) groups is 1. The van der Waals surface area contributed by atoms with E-state index in [0.29, 0.717) is 29.3 Å². The molecule has 1 aromatic carbocycles. The van der Waals surface area contributed by atoms with Crippen LogP contribution < -0.4 is 0 Å². The third kappa shape index (κ3) is 3.72. The minimum atomic E-state index is -1.00. The van der Waals surface area contributed by atoms with Gasteiger partial charge >= 0.3 is 5.97 Å². The first-order valence-corrected chi connectivity index (χ1v) is 5.88. The van der Waals surface area contributed by atoms with Crippen molar-refractivity contribution in [2.75, 3.05) is 0 Å². The summed E-state index contributed by atoms with van der Waals surface area (Å²) < 4.78 is 4.91. The summed E-state index contributed by atoms with van der Waals surface area (Å²) in [7, 11) is 0. The molecule has 2 rings (SSSR count). The van der Waals surface area contributed by atoms with Crippen molar-refractivity contribution in [2.24, 2.45) is 0 Å². The summed E-state index contributed by atoms with van der Waals surface area (Å²) in [5.41, 5.74) is 1.73. The van der Waals surface area contributed by atoms with Crippen LogP contribution in [0.5, 0.6) is 0 Å². The SMILES string of the molecule is Cc1onc(CCc2ccc(Cl)cc2)c1C(=O)O.Cl. The van der Waals surface area contributed by atoms with E-state index in [1.54, 1.807) is 6.92 Å². The molecule has 1 aromatic heterocycles. The Balaban J connectivity index is 0.00000180. The number of nitrogens with zero attached hydrogens (tertiary/aromatic N) is 1. The molecule has 2 aromatic rings. The average Bonchev–Trinajstić information content (AvgIpc) is 2.70. The molecule has 0 saturated heterocycles. The van der Waals surface area contributed by atoms with Crippen molar-refractivity contribution in [2.45, 2.75) is 19.8 Å². The van der Waals surface area contributed by atoms with E-state index in [1.165, 1.54) is 0 Å². The Hall–Kier alpha value is -1.52. The van der Waals surface area contributed by atoms with Gasteiger partial charge in [0.05, 0.1) is 5.69 Å². The van der Waals surface area contributed by atoms with E-state index in [1.807, 2.05) is 24.3 Å². The zero-order chi connectivity index (χ0) is 13.1. The molecule has 0 aliphatic rings. The maximum atomic E-state index is 11.0. The molecule has 0 unspecified atom stereocenters. The summed E-state index contributed by atoms with van der Waals surface area (Å²) in [4.78, 5) is 11.0. The standard InChI is InChI=1S/C13H12ClNO3.ClH/c1-8-12(13(16)17)11(15-18-8)7-4-9-2-5-10(14)6-3-9;/h2-3,5-6H,4,7H2,1H3,(H,16,17);1H. The Labute approximate surface area is 121 Å². The third-order valence-electron chi connectivity index (χ3n) is 2.71. The molecule has 6 heteroatoms. The lowest BCUT2D eigenvalue weighted by molar-refractivity contribution is 0.0694. The van der Waals surface area contributed by atoms with Gasteiger partial charge in [0, 0.05) is 5.02 Å². The minimum Gasteiger partial charge on any atom is -0.477 e. The van der Waals surface area contributed by atoms with Crippen LogP contribution in [0.2, 0.25) is 5.02 Å². The van der Waals surface area contributed by atoms with Gasteiger partial charge in [-0.2, -0.15) is 0 Å². The fraction of sp³-hybridized carbons (Fsp3) is 0.231. The number of carboxylic acid groups (broad SMARTS) is 1. The molecule has 0 saturated carbocycles. The van der Waals surface area contributed by atoms with E-state index in [0.717, 1.165) is 5.56 Å². The highest BCUT2D eigenvalue weighted by molar-refractivity contribution is 6.30. The summed E-state index contributed by atoms with van der Waals surface area (Å²) in [5.74, 6) is -0.659. The number of aryl methyl sites for hydroxylation is 3. The van der Waals surface area contributed by atoms with E-state index in [-0.39, 0.29) is 18.0 Å². The van der Waals surface area contributed by atoms with E-state index in [9.17, 15) is 4.79 Å². The van der Waals surface area contributed by atoms with Crippen LogP contribution in [0.3, 0.4) is 0 Å². The molecule has 1 heterocycles. The van der Waals surface area contributed by atoms with Crippen molar-refractivity contribution >= 4 is 30.0 Å². The summed E-state index contributed by atoms with van der Waals surface area (Å²) in [6.45, 7) is 1.60. The van der Waals surface area contributed by atoms with Crippen LogP contribution in [0.25, 0.3) is 0 Å². The molecule has 4 nitrogen and oxygen atoms in total. The van der Waals surface area contributed by atoms with Gasteiger partial charge < -0.3 is 9.63 Å². The van der Waals surface area contributed by atoms with Gasteiger partial charge in [-0.3, -0.25) is 0 Å². The number of aromatic carboxylic acids is 1. The highest BCUT2D eigenvalue weighted by Gasteiger charge is 2.18. The van der Waals surface area contributed by atoms with Gasteiger partial charge in [-0.25, -0.2) is 4.79 Å². The molecule has 0 amide bonds. The topological polar surface area (TPSA) is 63.3 Å². The zero-order valence-electron chi connectivity index (χ0n) is 10.2. The Morgan fingerprint density at radius 3 is 2.53 bits per heavy atom. The number of carboxylic acids is 1. The van der Waals surface area contributed by atoms with Crippen molar-refractivity contribution in [1.29, 1.82) is 0 Å². The number of hydrogen-bond donors (Lipinski definition) is 1. The molecule has 0 aliphatic carbocycles. The van der Waals surface area contributed by atoms with Gasteiger partial charge in [0.15, 0.2) is 0 Å². The molecule has 0 bridgehead atoms. The fourth-order valence-electron chi connectivity index (χ4n) is 1.78. The van der Waals surface area contributed by atoms with E-state index in [4.69, 9.17) is 21.2 Å². The molecule has 0 aliphatic heterocycles. The highest BCUT2D eigenvalue weighted by Crippen LogP contribution is 2.16. The maximum Gasteiger partial charge on any atom is 0.341 e. The largest absolute Gasteiger partial charge is 0.477 e. The molecule has 0 spiro atoms. The Bertz CT molecular complexity index is 564. The van der Waals surface area contributed by atoms with Gasteiger partial charge in [-0.05, 0) is 37.5 Å². The Morgan fingerprint density at radius 2 is 1.95 bits per heavy atom. The molecule has 102 valence electrons. The van der Waals surface area contributed by atoms with Gasteiger partial charge in [-0.1, -0.05) is 28.9 Å². The highest BCUT2D eigenvalue weighted by atomic mass is 35.5. The van der Waals surface area contributed by atoms with Crippen molar-refractivity contribution in [3.63, 3.8) is 0 Å². The Kier molecular flexibility index (Phi) is 5.39. The predicted octanol–water partition coefficient (Wildman–Crippen LogP) is 3.54. The summed E-state index contributed by atoms with van der Waals surface area (Å²) in [6.07, 6.45) is 1.23. The Morgan fingerprint density at radius 1 is 1.32 bits per heavy atom. The number of rotatable bonds is 4. The van der Waals surface area contributed by atoms with Crippen molar-refractivity contribution in [3.8, 4) is 0 Å². The van der Waals surface area contributed by atoms with E-state index < -0.39 is 5.97 Å². The molecule has 0 atom stereocenters. The first kappa shape index (κ1) is 15.5. The molecule has 19 heavy (non-hydrogen) atoms. The fourth-order valence-corrected chi connectivity index (χ4v) is 1.90. The van der Waals surface area contributed by atoms with Gasteiger partial charge in [0.2, 0.25) is 0 Å². The van der Waals surface area contributed by atoms with Crippen LogP contribution in [0.1, 0.15) is 27.4 Å². The summed E-state index contributed by atoms with van der Waals surface area (Å²) in [5, 5.41) is 13.5. The lowest BCUT2D eigenvalue weighted by atomic mass is 10.1. The number of benzene rings is 1. The van der Waals surface area contributed by atoms with Gasteiger partial charge in [-0.15, -0.1) is 12.4 Å². The third-order valence-corrected chi connectivity index (χ3v) is 2.96. The lowest BCUT2D eigenvalue weighted by Crippen LogP contribution is -2.03. The summed E-state index contributed by atoms with van der Waals surface area (Å²) in [6, 6.07) is 7.44. The molecule has 0 radical (unpaired) electrons. The van der Waals surface area contributed by atoms with Crippen molar-refractivity contribution in [3.05, 3.63) is 51.9 Å². The normalized spacial score (nSPS) is 10.0. The maximum absolute atomic E-state index is 11.0. The zero-order valence-corrected chi connectivity index (χ0v) is 11.8. The number of aromatic nitrogens is 1. The molecule has 1 N–H and O–H groups in total. The second-order valence-electron chi connectivity index (χ2n) is 3.99. The molecular weight excluding hydrogens is 289 g/mol. The van der Waals surface area contributed by atoms with Gasteiger partial charge in [0.25, 0.3) is 0 Å². The quantitative estimate of drug-likeness (QED) is 0.938. The molecular formula is C13H13Cl2NO3. The van der Waals surface area contributed by atoms with Crippen molar-refractivity contribution in [1.82, 2.24) is 5.16 Å². The van der Waals surface area contributed by atoms with Crippen LogP contribution in [-0.4, -0.2) is 16.2 Å². The van der Waals surface area contributed by atoms with E-state index in [2.05, 4.69) is 5.16 Å². The first-order chi connectivity index (χ1) is 8.58. The van der Waals surface area contributed by atoms with Crippen LogP contribution in [0, 0.1) is 6.92 Å². The average molecular weight is 302 g/mol. The second kappa shape index (κ2) is 6.59. The summed E-state index contributed by atoms with van der Waals surface area (Å²) >= 11 is 5.79. The van der Waals surface area contributed by atoms with Crippen molar-refractivity contribution < 1.29 is 14.4 Å². The first-order valence-electron chi connectivity index (χ1n) is 5.51. The smallest absolute Gasteiger partial charge is 0.341 e. The second-order valence-corrected chi connectivity index (χ2v) is 4.43. The van der Waals surface area contributed by atoms with Gasteiger partial charge in [0.1, 0.15) is 11.3 Å². The van der Waals surface area contributed by atoms with Crippen LogP contribution in [-0.2, 0) is 12.8 Å². The predicted molar refractivity (Wildman–Crippen MR) is 74.3 cm³/mol. The lowest BCUT2D eigenvalue weighted by Gasteiger charge is -2.00. The minimum absolute atomic E-state index is 0. The number of halogens is 2. The van der Waals surface area contributed by atoms with Crippen LogP contribution in [0.4, 0.5) is 0 Å². The number of hydrogen-bond acceptors (Lipinski definition) is 3. The van der Waals surface area contributed by atoms with Crippen LogP contribution >= 0.6 is 24.0 Å².